The fraction of sp³-hybridized carbons (Fsp3) is 0.538. The number of aliphatic hydroxyl groups is 1. The fourth-order valence-electron chi connectivity index (χ4n) is 1.78. The van der Waals surface area contributed by atoms with Gasteiger partial charge in [0.05, 0.1) is 21.5 Å². The molecular formula is C13H19BrN2O3. The molecule has 0 bridgehead atoms. The van der Waals surface area contributed by atoms with Crippen LogP contribution in [0.5, 0.6) is 0 Å². The summed E-state index contributed by atoms with van der Waals surface area (Å²) in [5.41, 5.74) is 6.49. The van der Waals surface area contributed by atoms with Gasteiger partial charge < -0.3 is 10.8 Å². The molecule has 0 saturated carbocycles. The molecule has 6 heteroatoms. The average Bonchev–Trinajstić information content (AvgIpc) is 2.35. The van der Waals surface area contributed by atoms with Crippen LogP contribution in [-0.2, 0) is 0 Å². The van der Waals surface area contributed by atoms with Crippen molar-refractivity contribution in [3.05, 3.63) is 38.3 Å². The molecule has 0 radical (unpaired) electrons. The molecule has 0 aliphatic rings. The second-order valence-corrected chi connectivity index (χ2v) is 5.89. The Labute approximate surface area is 121 Å². The Hall–Kier alpha value is -0.980. The molecule has 0 unspecified atom stereocenters. The molecule has 0 saturated heterocycles. The highest BCUT2D eigenvalue weighted by atomic mass is 79.9. The van der Waals surface area contributed by atoms with E-state index in [0.717, 1.165) is 6.42 Å². The van der Waals surface area contributed by atoms with Gasteiger partial charge in [-0.3, -0.25) is 10.1 Å². The maximum atomic E-state index is 10.9. The van der Waals surface area contributed by atoms with Crippen LogP contribution in [-0.4, -0.2) is 16.1 Å². The third-order valence-electron chi connectivity index (χ3n) is 3.01. The molecule has 1 rings (SSSR count). The summed E-state index contributed by atoms with van der Waals surface area (Å²) in [4.78, 5) is 10.4. The van der Waals surface area contributed by atoms with Gasteiger partial charge in [-0.15, -0.1) is 0 Å². The monoisotopic (exact) mass is 330 g/mol. The molecule has 0 amide bonds. The Morgan fingerprint density at radius 2 is 2.05 bits per heavy atom. The van der Waals surface area contributed by atoms with E-state index in [0.29, 0.717) is 22.4 Å². The molecule has 0 aliphatic heterocycles. The number of hydrogen-bond acceptors (Lipinski definition) is 4. The maximum Gasteiger partial charge on any atom is 0.283 e. The highest BCUT2D eigenvalue weighted by Gasteiger charge is 2.21. The lowest BCUT2D eigenvalue weighted by molar-refractivity contribution is -0.385. The Kier molecular flexibility index (Phi) is 5.90. The fourth-order valence-corrected chi connectivity index (χ4v) is 2.17. The molecule has 0 aromatic heterocycles. The lowest BCUT2D eigenvalue weighted by Gasteiger charge is -2.20. The van der Waals surface area contributed by atoms with E-state index in [4.69, 9.17) is 5.73 Å². The number of nitrogens with zero attached hydrogens (tertiary/aromatic N) is 1. The summed E-state index contributed by atoms with van der Waals surface area (Å²) < 4.78 is 0.408. The molecule has 1 aromatic carbocycles. The van der Waals surface area contributed by atoms with Gasteiger partial charge in [0.1, 0.15) is 0 Å². The molecule has 0 spiro atoms. The topological polar surface area (TPSA) is 89.4 Å². The maximum absolute atomic E-state index is 10.9. The van der Waals surface area contributed by atoms with Crippen molar-refractivity contribution in [1.29, 1.82) is 0 Å². The van der Waals surface area contributed by atoms with E-state index in [-0.39, 0.29) is 5.69 Å². The van der Waals surface area contributed by atoms with E-state index in [1.54, 1.807) is 12.1 Å². The number of aliphatic hydroxyl groups excluding tert-OH is 1. The minimum atomic E-state index is -0.692. The SMILES string of the molecule is CC(C)CC[C@@H](O)[C@@H](N)c1ccc(Br)c([N+](=O)[O-])c1. The first-order valence-corrected chi connectivity index (χ1v) is 6.99. The van der Waals surface area contributed by atoms with Crippen molar-refractivity contribution in [1.82, 2.24) is 0 Å². The third-order valence-corrected chi connectivity index (χ3v) is 3.68. The van der Waals surface area contributed by atoms with Crippen LogP contribution in [0.2, 0.25) is 0 Å². The van der Waals surface area contributed by atoms with Crippen LogP contribution in [0.4, 0.5) is 5.69 Å². The standard InChI is InChI=1S/C13H19BrN2O3/c1-8(2)3-6-12(17)13(15)9-4-5-10(14)11(7-9)16(18)19/h4-5,7-8,12-13,17H,3,6,15H2,1-2H3/t12-,13+/m1/s1. The van der Waals surface area contributed by atoms with Gasteiger partial charge in [-0.1, -0.05) is 19.9 Å². The summed E-state index contributed by atoms with van der Waals surface area (Å²) in [6, 6.07) is 4.08. The van der Waals surface area contributed by atoms with Gasteiger partial charge in [0.2, 0.25) is 0 Å². The van der Waals surface area contributed by atoms with Crippen LogP contribution in [0.1, 0.15) is 38.3 Å². The highest BCUT2D eigenvalue weighted by Crippen LogP contribution is 2.29. The Morgan fingerprint density at radius 1 is 1.42 bits per heavy atom. The van der Waals surface area contributed by atoms with E-state index in [1.165, 1.54) is 6.07 Å². The summed E-state index contributed by atoms with van der Waals surface area (Å²) >= 11 is 3.12. The number of nitrogens with two attached hydrogens (primary N) is 1. The van der Waals surface area contributed by atoms with Crippen molar-refractivity contribution >= 4 is 21.6 Å². The zero-order valence-corrected chi connectivity index (χ0v) is 12.6. The molecule has 106 valence electrons. The van der Waals surface area contributed by atoms with Crippen molar-refractivity contribution in [2.24, 2.45) is 11.7 Å². The van der Waals surface area contributed by atoms with Gasteiger partial charge in [0, 0.05) is 6.07 Å². The molecule has 2 atom stereocenters. The largest absolute Gasteiger partial charge is 0.391 e. The molecule has 0 aliphatic carbocycles. The number of rotatable bonds is 6. The van der Waals surface area contributed by atoms with Gasteiger partial charge in [-0.05, 0) is 46.3 Å². The first kappa shape index (κ1) is 16.1. The normalized spacial score (nSPS) is 14.4. The summed E-state index contributed by atoms with van der Waals surface area (Å²) in [5, 5.41) is 20.9. The number of halogens is 1. The van der Waals surface area contributed by atoms with Crippen LogP contribution < -0.4 is 5.73 Å². The van der Waals surface area contributed by atoms with Crippen LogP contribution in [0.15, 0.2) is 22.7 Å². The summed E-state index contributed by atoms with van der Waals surface area (Å²) in [7, 11) is 0. The predicted octanol–water partition coefficient (Wildman–Crippen LogP) is 3.15. The molecule has 19 heavy (non-hydrogen) atoms. The molecule has 1 aromatic rings. The quantitative estimate of drug-likeness (QED) is 0.619. The second kappa shape index (κ2) is 6.98. The molecule has 0 heterocycles. The van der Waals surface area contributed by atoms with Gasteiger partial charge in [-0.2, -0.15) is 0 Å². The Balaban J connectivity index is 2.84. The number of hydrogen-bond donors (Lipinski definition) is 2. The predicted molar refractivity (Wildman–Crippen MR) is 77.8 cm³/mol. The van der Waals surface area contributed by atoms with Crippen molar-refractivity contribution in [2.75, 3.05) is 0 Å². The van der Waals surface area contributed by atoms with Crippen molar-refractivity contribution in [3.63, 3.8) is 0 Å². The van der Waals surface area contributed by atoms with E-state index in [1.807, 2.05) is 0 Å². The zero-order chi connectivity index (χ0) is 14.6. The second-order valence-electron chi connectivity index (χ2n) is 5.03. The first-order valence-electron chi connectivity index (χ1n) is 6.20. The van der Waals surface area contributed by atoms with Crippen LogP contribution in [0, 0.1) is 16.0 Å². The van der Waals surface area contributed by atoms with Crippen molar-refractivity contribution in [2.45, 2.75) is 38.8 Å². The summed E-state index contributed by atoms with van der Waals surface area (Å²) in [6.45, 7) is 4.14. The molecule has 3 N–H and O–H groups in total. The van der Waals surface area contributed by atoms with E-state index >= 15 is 0 Å². The van der Waals surface area contributed by atoms with E-state index in [2.05, 4.69) is 29.8 Å². The molecule has 0 fully saturated rings. The minimum Gasteiger partial charge on any atom is -0.391 e. The van der Waals surface area contributed by atoms with Crippen LogP contribution >= 0.6 is 15.9 Å². The van der Waals surface area contributed by atoms with Crippen LogP contribution in [0.3, 0.4) is 0 Å². The smallest absolute Gasteiger partial charge is 0.283 e. The lowest BCUT2D eigenvalue weighted by Crippen LogP contribution is -2.26. The molecular weight excluding hydrogens is 312 g/mol. The van der Waals surface area contributed by atoms with E-state index < -0.39 is 17.1 Å². The van der Waals surface area contributed by atoms with Gasteiger partial charge in [0.25, 0.3) is 5.69 Å². The zero-order valence-electron chi connectivity index (χ0n) is 11.0. The average molecular weight is 331 g/mol. The van der Waals surface area contributed by atoms with Crippen molar-refractivity contribution < 1.29 is 10.0 Å². The Bertz CT molecular complexity index is 452. The van der Waals surface area contributed by atoms with Gasteiger partial charge in [-0.25, -0.2) is 0 Å². The number of nitro groups is 1. The third kappa shape index (κ3) is 4.56. The lowest BCUT2D eigenvalue weighted by atomic mass is 9.96. The number of benzene rings is 1. The van der Waals surface area contributed by atoms with E-state index in [9.17, 15) is 15.2 Å². The first-order chi connectivity index (χ1) is 8.82. The van der Waals surface area contributed by atoms with Crippen molar-refractivity contribution in [3.8, 4) is 0 Å². The van der Waals surface area contributed by atoms with Gasteiger partial charge >= 0.3 is 0 Å². The summed E-state index contributed by atoms with van der Waals surface area (Å²) in [6.07, 6.45) is 0.763. The summed E-state index contributed by atoms with van der Waals surface area (Å²) in [5.74, 6) is 0.487. The molecule has 5 nitrogen and oxygen atoms in total. The van der Waals surface area contributed by atoms with Gasteiger partial charge in [0.15, 0.2) is 0 Å². The highest BCUT2D eigenvalue weighted by molar-refractivity contribution is 9.10. The van der Waals surface area contributed by atoms with Crippen LogP contribution in [0.25, 0.3) is 0 Å². The number of nitro benzene ring substituents is 1. The minimum absolute atomic E-state index is 0.0380. The Morgan fingerprint density at radius 3 is 2.58 bits per heavy atom.